The number of fused-ring (bicyclic) bond motifs is 1. The van der Waals surface area contributed by atoms with E-state index < -0.39 is 11.6 Å². The predicted molar refractivity (Wildman–Crippen MR) is 139 cm³/mol. The number of aryl methyl sites for hydroxylation is 1. The fraction of sp³-hybridized carbons (Fsp3) is 0.250. The number of esters is 1. The number of benzene rings is 3. The number of carbonyl (C=O) groups excluding carboxylic acids is 2. The molecule has 0 amide bonds. The number of carbonyl (C=O) groups is 2. The van der Waals surface area contributed by atoms with Crippen molar-refractivity contribution in [2.24, 2.45) is 0 Å². The van der Waals surface area contributed by atoms with Gasteiger partial charge in [-0.25, -0.2) is 4.79 Å². The van der Waals surface area contributed by atoms with E-state index in [1.54, 1.807) is 66.9 Å². The van der Waals surface area contributed by atoms with Crippen molar-refractivity contribution in [2.75, 3.05) is 13.7 Å². The molecule has 36 heavy (non-hydrogen) atoms. The van der Waals surface area contributed by atoms with E-state index in [9.17, 15) is 14.4 Å². The number of aromatic nitrogens is 1. The molecule has 0 aliphatic heterocycles. The van der Waals surface area contributed by atoms with E-state index in [2.05, 4.69) is 0 Å². The van der Waals surface area contributed by atoms with E-state index >= 15 is 0 Å². The third kappa shape index (κ3) is 5.66. The zero-order valence-electron chi connectivity index (χ0n) is 20.4. The number of hydrogen-bond donors (Lipinski definition) is 0. The summed E-state index contributed by atoms with van der Waals surface area (Å²) in [5.41, 5.74) is 0.849. The highest BCUT2D eigenvalue weighted by atomic mass is 32.1. The van der Waals surface area contributed by atoms with E-state index in [4.69, 9.17) is 14.2 Å². The van der Waals surface area contributed by atoms with Crippen LogP contribution in [0.3, 0.4) is 0 Å². The molecular weight excluding hydrogens is 478 g/mol. The van der Waals surface area contributed by atoms with E-state index in [-0.39, 0.29) is 10.7 Å². The van der Waals surface area contributed by atoms with Crippen molar-refractivity contribution in [2.45, 2.75) is 32.4 Å². The van der Waals surface area contributed by atoms with E-state index in [1.165, 1.54) is 7.11 Å². The summed E-state index contributed by atoms with van der Waals surface area (Å²) in [6, 6.07) is 21.5. The molecule has 4 aromatic rings. The Morgan fingerprint density at radius 2 is 1.67 bits per heavy atom. The van der Waals surface area contributed by atoms with Gasteiger partial charge in [-0.15, -0.1) is 0 Å². The van der Waals surface area contributed by atoms with Crippen LogP contribution in [0.4, 0.5) is 0 Å². The van der Waals surface area contributed by atoms with E-state index in [1.807, 2.05) is 24.3 Å². The van der Waals surface area contributed by atoms with Crippen LogP contribution in [0.15, 0.2) is 77.6 Å². The summed E-state index contributed by atoms with van der Waals surface area (Å²) in [5, 5.41) is 0. The number of thiazole rings is 1. The minimum absolute atomic E-state index is 0.0699. The van der Waals surface area contributed by atoms with Crippen molar-refractivity contribution in [3.05, 3.63) is 93.6 Å². The van der Waals surface area contributed by atoms with Crippen LogP contribution < -0.4 is 14.3 Å². The lowest BCUT2D eigenvalue weighted by Gasteiger charge is -2.23. The van der Waals surface area contributed by atoms with Crippen LogP contribution in [0.25, 0.3) is 10.2 Å². The van der Waals surface area contributed by atoms with E-state index in [0.717, 1.165) is 21.6 Å². The zero-order chi connectivity index (χ0) is 25.7. The lowest BCUT2D eigenvalue weighted by atomic mass is 10.0. The zero-order valence-corrected chi connectivity index (χ0v) is 21.2. The van der Waals surface area contributed by atoms with Crippen LogP contribution in [0.1, 0.15) is 36.2 Å². The molecule has 0 spiro atoms. The normalized spacial score (nSPS) is 11.3. The molecule has 7 nitrogen and oxygen atoms in total. The van der Waals surface area contributed by atoms with Gasteiger partial charge >= 0.3 is 10.8 Å². The second kappa shape index (κ2) is 10.8. The topological polar surface area (TPSA) is 83.8 Å². The minimum Gasteiger partial charge on any atom is -0.493 e. The molecule has 0 radical (unpaired) electrons. The molecule has 1 heterocycles. The van der Waals surface area contributed by atoms with Crippen molar-refractivity contribution >= 4 is 33.3 Å². The molecule has 0 unspecified atom stereocenters. The lowest BCUT2D eigenvalue weighted by molar-refractivity contribution is -0.156. The predicted octanol–water partition coefficient (Wildman–Crippen LogP) is 5.09. The maximum atomic E-state index is 12.7. The third-order valence-electron chi connectivity index (χ3n) is 5.62. The van der Waals surface area contributed by atoms with Crippen molar-refractivity contribution in [1.29, 1.82) is 0 Å². The molecule has 0 atom stereocenters. The lowest BCUT2D eigenvalue weighted by Crippen LogP contribution is -2.39. The summed E-state index contributed by atoms with van der Waals surface area (Å²) in [7, 11) is 1.32. The molecule has 8 heteroatoms. The van der Waals surface area contributed by atoms with E-state index in [0.29, 0.717) is 42.2 Å². The summed E-state index contributed by atoms with van der Waals surface area (Å²) in [4.78, 5) is 37.1. The van der Waals surface area contributed by atoms with Gasteiger partial charge in [-0.1, -0.05) is 47.7 Å². The highest BCUT2D eigenvalue weighted by molar-refractivity contribution is 7.16. The molecule has 0 fully saturated rings. The van der Waals surface area contributed by atoms with Gasteiger partial charge in [-0.2, -0.15) is 0 Å². The largest absolute Gasteiger partial charge is 0.493 e. The Balaban J connectivity index is 1.38. The summed E-state index contributed by atoms with van der Waals surface area (Å²) in [6.45, 7) is 4.14. The van der Waals surface area contributed by atoms with Gasteiger partial charge in [0.15, 0.2) is 11.4 Å². The number of methoxy groups -OCH3 is 1. The number of rotatable bonds is 10. The smallest absolute Gasteiger partial charge is 0.349 e. The number of nitrogens with zero attached hydrogens (tertiary/aromatic N) is 1. The summed E-state index contributed by atoms with van der Waals surface area (Å²) < 4.78 is 18.9. The van der Waals surface area contributed by atoms with Gasteiger partial charge in [0.1, 0.15) is 11.5 Å². The van der Waals surface area contributed by atoms with Gasteiger partial charge in [0.05, 0.1) is 23.9 Å². The van der Waals surface area contributed by atoms with Crippen LogP contribution in [0, 0.1) is 0 Å². The Morgan fingerprint density at radius 1 is 0.917 bits per heavy atom. The Hall–Kier alpha value is -3.91. The fourth-order valence-electron chi connectivity index (χ4n) is 3.80. The van der Waals surface area contributed by atoms with Gasteiger partial charge in [0.25, 0.3) is 0 Å². The van der Waals surface area contributed by atoms with Crippen LogP contribution in [0.5, 0.6) is 11.5 Å². The maximum absolute atomic E-state index is 12.7. The van der Waals surface area contributed by atoms with Gasteiger partial charge in [-0.3, -0.25) is 14.2 Å². The SMILES string of the molecule is COC(=O)C(C)(C)Oc1cccc(OCCCn2c(=O)sc3cc(C(=O)c4ccccc4)ccc32)c1. The molecule has 0 saturated heterocycles. The number of ether oxygens (including phenoxy) is 3. The van der Waals surface area contributed by atoms with Crippen LogP contribution in [-0.2, 0) is 16.1 Å². The standard InChI is InChI=1S/C28H27NO6S/c1-28(2,26(31)33-3)35-22-12-7-11-21(18-22)34-16-8-15-29-23-14-13-20(17-24(23)36-27(29)32)25(30)19-9-5-4-6-10-19/h4-7,9-14,17-18H,8,15-16H2,1-3H3. The Labute approximate surface area is 212 Å². The Morgan fingerprint density at radius 3 is 2.42 bits per heavy atom. The Kier molecular flexibility index (Phi) is 7.55. The number of hydrogen-bond acceptors (Lipinski definition) is 7. The second-order valence-corrected chi connectivity index (χ2v) is 9.67. The molecule has 0 saturated carbocycles. The molecule has 0 bridgehead atoms. The molecule has 186 valence electrons. The highest BCUT2D eigenvalue weighted by Gasteiger charge is 2.31. The molecule has 0 aliphatic rings. The van der Waals surface area contributed by atoms with Crippen molar-refractivity contribution in [1.82, 2.24) is 4.57 Å². The maximum Gasteiger partial charge on any atom is 0.349 e. The summed E-state index contributed by atoms with van der Waals surface area (Å²) >= 11 is 1.13. The first-order valence-corrected chi connectivity index (χ1v) is 12.3. The summed E-state index contributed by atoms with van der Waals surface area (Å²) in [6.07, 6.45) is 0.606. The highest BCUT2D eigenvalue weighted by Crippen LogP contribution is 2.25. The first-order valence-electron chi connectivity index (χ1n) is 11.5. The van der Waals surface area contributed by atoms with Crippen molar-refractivity contribution in [3.63, 3.8) is 0 Å². The van der Waals surface area contributed by atoms with Crippen LogP contribution in [0.2, 0.25) is 0 Å². The monoisotopic (exact) mass is 505 g/mol. The molecule has 0 N–H and O–H groups in total. The van der Waals surface area contributed by atoms with Crippen LogP contribution >= 0.6 is 11.3 Å². The molecular formula is C28H27NO6S. The third-order valence-corrected chi connectivity index (χ3v) is 6.56. The first-order chi connectivity index (χ1) is 17.3. The fourth-order valence-corrected chi connectivity index (χ4v) is 4.75. The molecule has 0 aliphatic carbocycles. The van der Waals surface area contributed by atoms with Crippen LogP contribution in [-0.4, -0.2) is 35.6 Å². The van der Waals surface area contributed by atoms with Gasteiger partial charge in [0.2, 0.25) is 0 Å². The molecule has 1 aromatic heterocycles. The quantitative estimate of drug-likeness (QED) is 0.170. The second-order valence-electron chi connectivity index (χ2n) is 8.68. The minimum atomic E-state index is -1.12. The van der Waals surface area contributed by atoms with Gasteiger partial charge in [0, 0.05) is 23.7 Å². The summed E-state index contributed by atoms with van der Waals surface area (Å²) in [5.74, 6) is 0.543. The average Bonchev–Trinajstić information content (AvgIpc) is 3.20. The number of ketones is 1. The van der Waals surface area contributed by atoms with Crippen molar-refractivity contribution < 1.29 is 23.8 Å². The first kappa shape index (κ1) is 25.2. The molecule has 3 aromatic carbocycles. The van der Waals surface area contributed by atoms with Gasteiger partial charge in [-0.05, 0) is 50.6 Å². The van der Waals surface area contributed by atoms with Gasteiger partial charge < -0.3 is 14.2 Å². The van der Waals surface area contributed by atoms with Crippen molar-refractivity contribution in [3.8, 4) is 11.5 Å². The Bertz CT molecular complexity index is 1440. The molecule has 4 rings (SSSR count). The average molecular weight is 506 g/mol.